The van der Waals surface area contributed by atoms with Crippen molar-refractivity contribution in [2.24, 2.45) is 0 Å². The van der Waals surface area contributed by atoms with E-state index >= 15 is 0 Å². The molecule has 0 radical (unpaired) electrons. The Hall–Kier alpha value is -2.14. The molecule has 1 aliphatic carbocycles. The van der Waals surface area contributed by atoms with Gasteiger partial charge < -0.3 is 11.1 Å². The van der Waals surface area contributed by atoms with Crippen molar-refractivity contribution in [1.82, 2.24) is 15.2 Å². The summed E-state index contributed by atoms with van der Waals surface area (Å²) >= 11 is 0. The molecule has 110 valence electrons. The predicted octanol–water partition coefficient (Wildman–Crippen LogP) is 1.53. The second-order valence-corrected chi connectivity index (χ2v) is 5.73. The molecule has 1 aromatic heterocycles. The molecule has 5 heteroatoms. The van der Waals surface area contributed by atoms with Crippen LogP contribution < -0.4 is 11.1 Å². The molecule has 1 fully saturated rings. The average Bonchev–Trinajstić information content (AvgIpc) is 3.26. The van der Waals surface area contributed by atoms with Crippen LogP contribution in [0.25, 0.3) is 10.9 Å². The molecule has 1 aromatic carbocycles. The van der Waals surface area contributed by atoms with E-state index in [9.17, 15) is 4.79 Å². The third kappa shape index (κ3) is 3.31. The molecule has 0 aliphatic heterocycles. The van der Waals surface area contributed by atoms with Gasteiger partial charge in [-0.05, 0) is 43.7 Å². The van der Waals surface area contributed by atoms with Gasteiger partial charge in [-0.25, -0.2) is 0 Å². The monoisotopic (exact) mass is 284 g/mol. The molecule has 0 unspecified atom stereocenters. The van der Waals surface area contributed by atoms with Gasteiger partial charge in [-0.2, -0.15) is 0 Å². The van der Waals surface area contributed by atoms with Crippen LogP contribution in [0.5, 0.6) is 0 Å². The first-order valence-electron chi connectivity index (χ1n) is 7.23. The lowest BCUT2D eigenvalue weighted by Crippen LogP contribution is -2.36. The van der Waals surface area contributed by atoms with Crippen LogP contribution in [0.1, 0.15) is 18.4 Å². The SMILES string of the molecule is CN(CC(=O)NC1CC1)Cc1ccc(N)c2cccnc12. The fourth-order valence-corrected chi connectivity index (χ4v) is 2.47. The van der Waals surface area contributed by atoms with Gasteiger partial charge in [-0.1, -0.05) is 6.07 Å². The molecule has 5 nitrogen and oxygen atoms in total. The summed E-state index contributed by atoms with van der Waals surface area (Å²) in [7, 11) is 1.94. The number of hydrogen-bond acceptors (Lipinski definition) is 4. The Balaban J connectivity index is 1.72. The first-order chi connectivity index (χ1) is 10.1. The molecule has 0 saturated heterocycles. The molecule has 0 atom stereocenters. The third-order valence-corrected chi connectivity index (χ3v) is 3.68. The van der Waals surface area contributed by atoms with E-state index in [2.05, 4.69) is 10.3 Å². The van der Waals surface area contributed by atoms with Crippen LogP contribution in [0.4, 0.5) is 5.69 Å². The van der Waals surface area contributed by atoms with E-state index in [1.807, 2.05) is 36.2 Å². The van der Waals surface area contributed by atoms with Gasteiger partial charge in [0.15, 0.2) is 0 Å². The predicted molar refractivity (Wildman–Crippen MR) is 83.7 cm³/mol. The highest BCUT2D eigenvalue weighted by Crippen LogP contribution is 2.23. The zero-order valence-electron chi connectivity index (χ0n) is 12.2. The number of anilines is 1. The Labute approximate surface area is 124 Å². The third-order valence-electron chi connectivity index (χ3n) is 3.68. The van der Waals surface area contributed by atoms with E-state index in [1.165, 1.54) is 0 Å². The molecule has 3 N–H and O–H groups in total. The number of nitrogens with two attached hydrogens (primary N) is 1. The zero-order valence-corrected chi connectivity index (χ0v) is 12.2. The molecular weight excluding hydrogens is 264 g/mol. The number of aromatic nitrogens is 1. The first-order valence-corrected chi connectivity index (χ1v) is 7.23. The molecule has 0 spiro atoms. The van der Waals surface area contributed by atoms with Gasteiger partial charge in [-0.3, -0.25) is 14.7 Å². The van der Waals surface area contributed by atoms with Crippen LogP contribution in [-0.4, -0.2) is 35.4 Å². The summed E-state index contributed by atoms with van der Waals surface area (Å²) < 4.78 is 0. The molecule has 3 rings (SSSR count). The Morgan fingerprint density at radius 2 is 2.24 bits per heavy atom. The van der Waals surface area contributed by atoms with Gasteiger partial charge >= 0.3 is 0 Å². The van der Waals surface area contributed by atoms with Gasteiger partial charge in [0, 0.05) is 29.9 Å². The number of carbonyl (C=O) groups is 1. The summed E-state index contributed by atoms with van der Waals surface area (Å²) in [6, 6.07) is 8.15. The van der Waals surface area contributed by atoms with Crippen LogP contribution >= 0.6 is 0 Å². The second-order valence-electron chi connectivity index (χ2n) is 5.73. The number of fused-ring (bicyclic) bond motifs is 1. The summed E-state index contributed by atoms with van der Waals surface area (Å²) in [5.41, 5.74) is 8.71. The normalized spacial score (nSPS) is 14.6. The molecule has 1 aliphatic rings. The summed E-state index contributed by atoms with van der Waals surface area (Å²) in [6.45, 7) is 1.07. The first kappa shape index (κ1) is 13.8. The highest BCUT2D eigenvalue weighted by Gasteiger charge is 2.23. The minimum Gasteiger partial charge on any atom is -0.398 e. The van der Waals surface area contributed by atoms with Crippen molar-refractivity contribution in [3.63, 3.8) is 0 Å². The lowest BCUT2D eigenvalue weighted by atomic mass is 10.1. The number of carbonyl (C=O) groups excluding carboxylic acids is 1. The van der Waals surface area contributed by atoms with Crippen molar-refractivity contribution in [2.75, 3.05) is 19.3 Å². The number of likely N-dealkylation sites (N-methyl/N-ethyl adjacent to an activating group) is 1. The number of nitrogens with zero attached hydrogens (tertiary/aromatic N) is 2. The summed E-state index contributed by atoms with van der Waals surface area (Å²) in [5.74, 6) is 0.0905. The smallest absolute Gasteiger partial charge is 0.234 e. The van der Waals surface area contributed by atoms with Crippen LogP contribution in [0, 0.1) is 0 Å². The maximum Gasteiger partial charge on any atom is 0.234 e. The van der Waals surface area contributed by atoms with Gasteiger partial charge in [0.05, 0.1) is 12.1 Å². The van der Waals surface area contributed by atoms with E-state index in [0.29, 0.717) is 19.1 Å². The van der Waals surface area contributed by atoms with E-state index in [4.69, 9.17) is 5.73 Å². The van der Waals surface area contributed by atoms with Crippen LogP contribution in [-0.2, 0) is 11.3 Å². The van der Waals surface area contributed by atoms with E-state index < -0.39 is 0 Å². The van der Waals surface area contributed by atoms with Crippen molar-refractivity contribution in [3.8, 4) is 0 Å². The van der Waals surface area contributed by atoms with Crippen molar-refractivity contribution in [3.05, 3.63) is 36.0 Å². The van der Waals surface area contributed by atoms with Crippen molar-refractivity contribution < 1.29 is 4.79 Å². The van der Waals surface area contributed by atoms with E-state index in [-0.39, 0.29) is 5.91 Å². The Kier molecular flexibility index (Phi) is 3.75. The van der Waals surface area contributed by atoms with E-state index in [0.717, 1.165) is 35.0 Å². The zero-order chi connectivity index (χ0) is 14.8. The summed E-state index contributed by atoms with van der Waals surface area (Å²) in [6.07, 6.45) is 4.00. The largest absolute Gasteiger partial charge is 0.398 e. The number of hydrogen-bond donors (Lipinski definition) is 2. The number of nitrogen functional groups attached to an aromatic ring is 1. The number of benzene rings is 1. The van der Waals surface area contributed by atoms with Crippen molar-refractivity contribution >= 4 is 22.5 Å². The minimum atomic E-state index is 0.0905. The molecule has 21 heavy (non-hydrogen) atoms. The molecule has 1 amide bonds. The number of pyridine rings is 1. The molecule has 2 aromatic rings. The fraction of sp³-hybridized carbons (Fsp3) is 0.375. The second kappa shape index (κ2) is 5.69. The highest BCUT2D eigenvalue weighted by atomic mass is 16.2. The Morgan fingerprint density at radius 1 is 1.43 bits per heavy atom. The quantitative estimate of drug-likeness (QED) is 0.817. The molecular formula is C16H20N4O. The van der Waals surface area contributed by atoms with Crippen molar-refractivity contribution in [2.45, 2.75) is 25.4 Å². The number of amides is 1. The lowest BCUT2D eigenvalue weighted by molar-refractivity contribution is -0.122. The van der Waals surface area contributed by atoms with Gasteiger partial charge in [-0.15, -0.1) is 0 Å². The van der Waals surface area contributed by atoms with Gasteiger partial charge in [0.2, 0.25) is 5.91 Å². The van der Waals surface area contributed by atoms with Gasteiger partial charge in [0.25, 0.3) is 0 Å². The maximum absolute atomic E-state index is 11.8. The van der Waals surface area contributed by atoms with Crippen LogP contribution in [0.15, 0.2) is 30.5 Å². The van der Waals surface area contributed by atoms with E-state index in [1.54, 1.807) is 6.20 Å². The topological polar surface area (TPSA) is 71.2 Å². The molecule has 1 heterocycles. The average molecular weight is 284 g/mol. The number of nitrogens with one attached hydrogen (secondary N) is 1. The summed E-state index contributed by atoms with van der Waals surface area (Å²) in [4.78, 5) is 18.2. The van der Waals surface area contributed by atoms with Gasteiger partial charge in [0.1, 0.15) is 0 Å². The lowest BCUT2D eigenvalue weighted by Gasteiger charge is -2.17. The minimum absolute atomic E-state index is 0.0905. The van der Waals surface area contributed by atoms with Crippen LogP contribution in [0.3, 0.4) is 0 Å². The van der Waals surface area contributed by atoms with Crippen LogP contribution in [0.2, 0.25) is 0 Å². The Morgan fingerprint density at radius 3 is 3.00 bits per heavy atom. The molecule has 1 saturated carbocycles. The van der Waals surface area contributed by atoms with Crippen molar-refractivity contribution in [1.29, 1.82) is 0 Å². The highest BCUT2D eigenvalue weighted by molar-refractivity contribution is 5.92. The summed E-state index contributed by atoms with van der Waals surface area (Å²) in [5, 5.41) is 3.96. The Bertz CT molecular complexity index is 666. The molecule has 0 bridgehead atoms. The maximum atomic E-state index is 11.8. The standard InChI is InChI=1S/C16H20N4O/c1-20(10-15(21)19-12-5-6-12)9-11-4-7-14(17)13-3-2-8-18-16(11)13/h2-4,7-8,12H,5-6,9-10,17H2,1H3,(H,19,21). The fourth-order valence-electron chi connectivity index (χ4n) is 2.47. The number of rotatable bonds is 5.